The van der Waals surface area contributed by atoms with Crippen molar-refractivity contribution in [1.82, 2.24) is 14.3 Å². The first-order chi connectivity index (χ1) is 15.7. The molecule has 0 saturated heterocycles. The van der Waals surface area contributed by atoms with E-state index < -0.39 is 33.5 Å². The molecule has 1 aromatic carbocycles. The highest BCUT2D eigenvalue weighted by Crippen LogP contribution is 2.35. The number of aromatic nitrogens is 2. The lowest BCUT2D eigenvalue weighted by atomic mass is 10.1. The van der Waals surface area contributed by atoms with Crippen molar-refractivity contribution >= 4 is 27.8 Å². The molecule has 2 N–H and O–H groups in total. The van der Waals surface area contributed by atoms with E-state index in [4.69, 9.17) is 0 Å². The standard InChI is InChI=1S/C23H21F3N4O2S/c1-33(32)27-14-16-12-18(23(24,25)26)21-19(31)13-20(28-15-8-4-2-5-9-15)30(22(21)29-16)17-10-6-3-7-11-17/h3-4,6-13,27-28H,2,5,14H2,1H3. The second-order valence-electron chi connectivity index (χ2n) is 7.46. The van der Waals surface area contributed by atoms with Gasteiger partial charge in [0.2, 0.25) is 0 Å². The van der Waals surface area contributed by atoms with Crippen molar-refractivity contribution in [3.8, 4) is 5.69 Å². The lowest BCUT2D eigenvalue weighted by Crippen LogP contribution is -2.22. The van der Waals surface area contributed by atoms with Crippen molar-refractivity contribution in [2.45, 2.75) is 25.6 Å². The maximum Gasteiger partial charge on any atom is 0.417 e. The number of nitrogens with one attached hydrogen (secondary N) is 2. The summed E-state index contributed by atoms with van der Waals surface area (Å²) in [5.74, 6) is 0.293. The van der Waals surface area contributed by atoms with E-state index in [9.17, 15) is 22.2 Å². The Bertz CT molecular complexity index is 1330. The van der Waals surface area contributed by atoms with Gasteiger partial charge in [-0.05, 0) is 37.1 Å². The first-order valence-electron chi connectivity index (χ1n) is 10.2. The Morgan fingerprint density at radius 3 is 2.55 bits per heavy atom. The zero-order valence-corrected chi connectivity index (χ0v) is 18.5. The monoisotopic (exact) mass is 474 g/mol. The fourth-order valence-electron chi connectivity index (χ4n) is 3.64. The van der Waals surface area contributed by atoms with E-state index in [2.05, 4.69) is 15.0 Å². The smallest absolute Gasteiger partial charge is 0.341 e. The Kier molecular flexibility index (Phi) is 6.48. The van der Waals surface area contributed by atoms with E-state index in [1.165, 1.54) is 10.8 Å². The molecule has 1 unspecified atom stereocenters. The summed E-state index contributed by atoms with van der Waals surface area (Å²) in [6.07, 6.45) is 4.08. The number of halogens is 3. The molecular weight excluding hydrogens is 453 g/mol. The highest BCUT2D eigenvalue weighted by Gasteiger charge is 2.35. The SMILES string of the molecule is CS(=O)NCc1cc(C(F)(F)F)c2c(=O)cc(NC3=CCCC=C3)n(-c3ccccc3)c2n1. The number of anilines is 1. The molecule has 33 heavy (non-hydrogen) atoms. The highest BCUT2D eigenvalue weighted by atomic mass is 32.2. The summed E-state index contributed by atoms with van der Waals surface area (Å²) >= 11 is 0. The zero-order valence-electron chi connectivity index (χ0n) is 17.6. The molecule has 0 aliphatic heterocycles. The van der Waals surface area contributed by atoms with Crippen LogP contribution in [0.15, 0.2) is 71.2 Å². The van der Waals surface area contributed by atoms with Crippen LogP contribution in [0.4, 0.5) is 19.0 Å². The number of para-hydroxylation sites is 1. The normalized spacial score (nSPS) is 14.8. The van der Waals surface area contributed by atoms with E-state index in [1.807, 2.05) is 18.2 Å². The molecule has 0 spiro atoms. The molecule has 3 aromatic rings. The second-order valence-corrected chi connectivity index (χ2v) is 8.66. The third-order valence-electron chi connectivity index (χ3n) is 5.06. The predicted molar refractivity (Wildman–Crippen MR) is 123 cm³/mol. The highest BCUT2D eigenvalue weighted by molar-refractivity contribution is 7.82. The first kappa shape index (κ1) is 22.9. The molecule has 172 valence electrons. The molecule has 1 aliphatic rings. The average Bonchev–Trinajstić information content (AvgIpc) is 2.78. The number of nitrogens with zero attached hydrogens (tertiary/aromatic N) is 2. The molecule has 0 saturated carbocycles. The van der Waals surface area contributed by atoms with Crippen LogP contribution >= 0.6 is 0 Å². The Balaban J connectivity index is 2.04. The molecule has 4 rings (SSSR count). The van der Waals surface area contributed by atoms with Gasteiger partial charge in [-0.3, -0.25) is 9.36 Å². The van der Waals surface area contributed by atoms with Crippen LogP contribution in [-0.4, -0.2) is 20.0 Å². The zero-order chi connectivity index (χ0) is 23.6. The number of alkyl halides is 3. The Morgan fingerprint density at radius 1 is 1.15 bits per heavy atom. The molecule has 1 aliphatic carbocycles. The van der Waals surface area contributed by atoms with Crippen LogP contribution in [0.2, 0.25) is 0 Å². The number of fused-ring (bicyclic) bond motifs is 1. The van der Waals surface area contributed by atoms with Gasteiger partial charge in [-0.15, -0.1) is 0 Å². The Labute approximate surface area is 190 Å². The maximum atomic E-state index is 14.0. The molecule has 0 amide bonds. The second kappa shape index (κ2) is 9.32. The summed E-state index contributed by atoms with van der Waals surface area (Å²) in [6, 6.07) is 10.7. The largest absolute Gasteiger partial charge is 0.417 e. The van der Waals surface area contributed by atoms with Gasteiger partial charge in [0.1, 0.15) is 5.82 Å². The fraction of sp³-hybridized carbons (Fsp3) is 0.217. The molecule has 2 aromatic heterocycles. The summed E-state index contributed by atoms with van der Waals surface area (Å²) in [7, 11) is -1.45. The van der Waals surface area contributed by atoms with E-state index >= 15 is 0 Å². The minimum atomic E-state index is -4.78. The molecule has 1 atom stereocenters. The summed E-state index contributed by atoms with van der Waals surface area (Å²) in [4.78, 5) is 17.4. The van der Waals surface area contributed by atoms with E-state index in [0.717, 1.165) is 30.7 Å². The molecule has 0 fully saturated rings. The van der Waals surface area contributed by atoms with Crippen LogP contribution in [0.5, 0.6) is 0 Å². The van der Waals surface area contributed by atoms with E-state index in [0.29, 0.717) is 11.5 Å². The molecule has 0 radical (unpaired) electrons. The van der Waals surface area contributed by atoms with Gasteiger partial charge in [-0.1, -0.05) is 30.4 Å². The lowest BCUT2D eigenvalue weighted by Gasteiger charge is -2.21. The number of pyridine rings is 2. The number of rotatable bonds is 6. The van der Waals surface area contributed by atoms with Gasteiger partial charge in [0.25, 0.3) is 0 Å². The van der Waals surface area contributed by atoms with Gasteiger partial charge in [0.05, 0.1) is 34.2 Å². The van der Waals surface area contributed by atoms with E-state index in [1.54, 1.807) is 30.3 Å². The predicted octanol–water partition coefficient (Wildman–Crippen LogP) is 4.43. The third-order valence-corrected chi connectivity index (χ3v) is 5.61. The van der Waals surface area contributed by atoms with Gasteiger partial charge >= 0.3 is 6.18 Å². The summed E-state index contributed by atoms with van der Waals surface area (Å²) in [5, 5.41) is 2.64. The van der Waals surface area contributed by atoms with Crippen molar-refractivity contribution in [3.05, 3.63) is 87.9 Å². The fourth-order valence-corrected chi connectivity index (χ4v) is 3.99. The Hall–Kier alpha value is -3.24. The van der Waals surface area contributed by atoms with Crippen molar-refractivity contribution in [2.24, 2.45) is 0 Å². The minimum absolute atomic E-state index is 0.0167. The topological polar surface area (TPSA) is 76.0 Å². The quantitative estimate of drug-likeness (QED) is 0.554. The number of hydrogen-bond acceptors (Lipinski definition) is 4. The van der Waals surface area contributed by atoms with Crippen LogP contribution in [0.1, 0.15) is 24.1 Å². The van der Waals surface area contributed by atoms with Crippen LogP contribution < -0.4 is 15.5 Å². The summed E-state index contributed by atoms with van der Waals surface area (Å²) in [5.41, 5.74) is -0.717. The molecule has 0 bridgehead atoms. The molecule has 2 heterocycles. The average molecular weight is 475 g/mol. The molecule has 10 heteroatoms. The Morgan fingerprint density at radius 2 is 1.91 bits per heavy atom. The van der Waals surface area contributed by atoms with Gasteiger partial charge in [0.15, 0.2) is 11.1 Å². The van der Waals surface area contributed by atoms with Crippen LogP contribution in [0.3, 0.4) is 0 Å². The number of allylic oxidation sites excluding steroid dienone is 3. The van der Waals surface area contributed by atoms with Gasteiger partial charge in [-0.25, -0.2) is 13.9 Å². The first-order valence-corrected chi connectivity index (χ1v) is 11.7. The van der Waals surface area contributed by atoms with Crippen LogP contribution in [-0.2, 0) is 23.7 Å². The van der Waals surface area contributed by atoms with Gasteiger partial charge in [-0.2, -0.15) is 13.2 Å². The van der Waals surface area contributed by atoms with Crippen molar-refractivity contribution in [2.75, 3.05) is 11.6 Å². The third kappa shape index (κ3) is 5.07. The summed E-state index contributed by atoms with van der Waals surface area (Å²) in [6.45, 7) is -0.156. The molecule has 6 nitrogen and oxygen atoms in total. The molecular formula is C23H21F3N4O2S. The lowest BCUT2D eigenvalue weighted by molar-refractivity contribution is -0.136. The van der Waals surface area contributed by atoms with Gasteiger partial charge in [0, 0.05) is 23.7 Å². The van der Waals surface area contributed by atoms with Gasteiger partial charge < -0.3 is 5.32 Å². The number of benzene rings is 1. The maximum absolute atomic E-state index is 14.0. The van der Waals surface area contributed by atoms with Crippen LogP contribution in [0.25, 0.3) is 16.7 Å². The minimum Gasteiger partial charge on any atom is -0.341 e. The van der Waals surface area contributed by atoms with Crippen molar-refractivity contribution in [3.63, 3.8) is 0 Å². The van der Waals surface area contributed by atoms with E-state index in [-0.39, 0.29) is 17.9 Å². The summed E-state index contributed by atoms with van der Waals surface area (Å²) < 4.78 is 57.5. The van der Waals surface area contributed by atoms with Crippen LogP contribution in [0, 0.1) is 0 Å². The van der Waals surface area contributed by atoms with Crippen molar-refractivity contribution < 1.29 is 17.4 Å². The number of hydrogen-bond donors (Lipinski definition) is 2. The van der Waals surface area contributed by atoms with Crippen molar-refractivity contribution in [1.29, 1.82) is 0 Å².